The van der Waals surface area contributed by atoms with E-state index in [1.54, 1.807) is 30.2 Å². The van der Waals surface area contributed by atoms with Crippen molar-refractivity contribution in [2.75, 3.05) is 5.73 Å². The van der Waals surface area contributed by atoms with Crippen molar-refractivity contribution in [3.8, 4) is 11.7 Å². The molecule has 0 radical (unpaired) electrons. The van der Waals surface area contributed by atoms with Crippen molar-refractivity contribution in [3.63, 3.8) is 0 Å². The predicted molar refractivity (Wildman–Crippen MR) is 77.2 cm³/mol. The maximum Gasteiger partial charge on any atom is 0.293 e. The molecular formula is C14H13N3O2S. The van der Waals surface area contributed by atoms with Crippen molar-refractivity contribution in [1.82, 2.24) is 10.1 Å². The largest absolute Gasteiger partial charge is 0.459 e. The second-order valence-corrected chi connectivity index (χ2v) is 5.27. The summed E-state index contributed by atoms with van der Waals surface area (Å²) in [5, 5.41) is 3.94. The Morgan fingerprint density at radius 2 is 2.15 bits per heavy atom. The number of hydrogen-bond acceptors (Lipinski definition) is 6. The van der Waals surface area contributed by atoms with Gasteiger partial charge in [0.2, 0.25) is 0 Å². The molecule has 0 aliphatic heterocycles. The fraction of sp³-hybridized carbons (Fsp3) is 0.143. The lowest BCUT2D eigenvalue weighted by atomic mass is 10.2. The van der Waals surface area contributed by atoms with Gasteiger partial charge in [-0.25, -0.2) is 0 Å². The molecule has 0 saturated carbocycles. The third-order valence-corrected chi connectivity index (χ3v) is 4.04. The molecule has 0 spiro atoms. The lowest BCUT2D eigenvalue weighted by Gasteiger charge is -2.05. The first kappa shape index (κ1) is 12.8. The number of nitrogens with two attached hydrogens (primary N) is 1. The maximum absolute atomic E-state index is 5.88. The van der Waals surface area contributed by atoms with Gasteiger partial charge in [-0.15, -0.1) is 11.8 Å². The number of aromatic nitrogens is 2. The van der Waals surface area contributed by atoms with Gasteiger partial charge in [0.25, 0.3) is 5.89 Å². The first-order chi connectivity index (χ1) is 9.74. The van der Waals surface area contributed by atoms with E-state index in [0.717, 1.165) is 16.1 Å². The monoisotopic (exact) mass is 287 g/mol. The molecule has 0 bridgehead atoms. The van der Waals surface area contributed by atoms with Crippen LogP contribution in [0.15, 0.2) is 50.4 Å². The van der Waals surface area contributed by atoms with E-state index in [4.69, 9.17) is 14.7 Å². The zero-order valence-corrected chi connectivity index (χ0v) is 11.7. The lowest BCUT2D eigenvalue weighted by Crippen LogP contribution is -1.91. The van der Waals surface area contributed by atoms with Crippen LogP contribution >= 0.6 is 11.8 Å². The lowest BCUT2D eigenvalue weighted by molar-refractivity contribution is 0.411. The Bertz CT molecular complexity index is 707. The highest BCUT2D eigenvalue weighted by Gasteiger charge is 2.11. The van der Waals surface area contributed by atoms with Crippen LogP contribution in [0.25, 0.3) is 11.7 Å². The Hall–Kier alpha value is -2.21. The molecule has 2 aromatic heterocycles. The number of rotatable bonds is 4. The Balaban J connectivity index is 1.71. The molecule has 3 aromatic rings. The normalized spacial score (nSPS) is 10.8. The Kier molecular flexibility index (Phi) is 3.47. The van der Waals surface area contributed by atoms with E-state index in [1.807, 2.05) is 25.1 Å². The molecule has 102 valence electrons. The van der Waals surface area contributed by atoms with Crippen LogP contribution in [0.3, 0.4) is 0 Å². The molecule has 0 aliphatic carbocycles. The van der Waals surface area contributed by atoms with Gasteiger partial charge in [-0.3, -0.25) is 0 Å². The zero-order valence-electron chi connectivity index (χ0n) is 10.9. The van der Waals surface area contributed by atoms with Crippen molar-refractivity contribution in [2.45, 2.75) is 17.6 Å². The van der Waals surface area contributed by atoms with E-state index in [9.17, 15) is 0 Å². The Morgan fingerprint density at radius 3 is 2.95 bits per heavy atom. The molecule has 0 aliphatic rings. The molecular weight excluding hydrogens is 274 g/mol. The van der Waals surface area contributed by atoms with Gasteiger partial charge in [0.15, 0.2) is 11.6 Å². The topological polar surface area (TPSA) is 78.1 Å². The third-order valence-electron chi connectivity index (χ3n) is 2.88. The average Bonchev–Trinajstić information content (AvgIpc) is 3.10. The SMILES string of the molecule is Cc1c(N)cccc1SCc1noc(-c2ccco2)n1. The zero-order chi connectivity index (χ0) is 13.9. The first-order valence-corrected chi connectivity index (χ1v) is 7.07. The molecule has 6 heteroatoms. The molecule has 0 fully saturated rings. The summed E-state index contributed by atoms with van der Waals surface area (Å²) in [5.41, 5.74) is 7.75. The Labute approximate surface area is 120 Å². The second-order valence-electron chi connectivity index (χ2n) is 4.25. The van der Waals surface area contributed by atoms with E-state index in [2.05, 4.69) is 10.1 Å². The van der Waals surface area contributed by atoms with E-state index in [0.29, 0.717) is 23.2 Å². The van der Waals surface area contributed by atoms with Crippen LogP contribution in [0.5, 0.6) is 0 Å². The van der Waals surface area contributed by atoms with Crippen LogP contribution in [0.4, 0.5) is 5.69 Å². The van der Waals surface area contributed by atoms with Crippen molar-refractivity contribution < 1.29 is 8.94 Å². The highest BCUT2D eigenvalue weighted by Crippen LogP contribution is 2.28. The summed E-state index contributed by atoms with van der Waals surface area (Å²) in [4.78, 5) is 5.42. The molecule has 0 saturated heterocycles. The van der Waals surface area contributed by atoms with Crippen LogP contribution in [0.2, 0.25) is 0 Å². The molecule has 2 heterocycles. The van der Waals surface area contributed by atoms with Gasteiger partial charge in [0, 0.05) is 10.6 Å². The number of benzene rings is 1. The highest BCUT2D eigenvalue weighted by atomic mass is 32.2. The van der Waals surface area contributed by atoms with E-state index < -0.39 is 0 Å². The van der Waals surface area contributed by atoms with E-state index >= 15 is 0 Å². The van der Waals surface area contributed by atoms with Crippen LogP contribution in [0.1, 0.15) is 11.4 Å². The van der Waals surface area contributed by atoms with Gasteiger partial charge in [-0.2, -0.15) is 4.98 Å². The number of anilines is 1. The average molecular weight is 287 g/mol. The van der Waals surface area contributed by atoms with E-state index in [-0.39, 0.29) is 0 Å². The molecule has 20 heavy (non-hydrogen) atoms. The van der Waals surface area contributed by atoms with Gasteiger partial charge in [-0.05, 0) is 36.8 Å². The van der Waals surface area contributed by atoms with Crippen molar-refractivity contribution >= 4 is 17.4 Å². The molecule has 2 N–H and O–H groups in total. The standard InChI is InChI=1S/C14H13N3O2S/c1-9-10(15)4-2-6-12(9)20-8-13-16-14(19-17-13)11-5-3-7-18-11/h2-7H,8,15H2,1H3. The molecule has 3 rings (SSSR count). The van der Waals surface area contributed by atoms with Crippen LogP contribution in [-0.2, 0) is 5.75 Å². The van der Waals surface area contributed by atoms with Crippen LogP contribution in [0, 0.1) is 6.92 Å². The summed E-state index contributed by atoms with van der Waals surface area (Å²) in [6.07, 6.45) is 1.57. The Morgan fingerprint density at radius 1 is 1.25 bits per heavy atom. The minimum atomic E-state index is 0.398. The van der Waals surface area contributed by atoms with Gasteiger partial charge in [0.05, 0.1) is 12.0 Å². The van der Waals surface area contributed by atoms with Crippen molar-refractivity contribution in [1.29, 1.82) is 0 Å². The van der Waals surface area contributed by atoms with Crippen LogP contribution < -0.4 is 5.73 Å². The molecule has 1 aromatic carbocycles. The minimum absolute atomic E-state index is 0.398. The molecule has 0 amide bonds. The van der Waals surface area contributed by atoms with Gasteiger partial charge < -0.3 is 14.7 Å². The first-order valence-electron chi connectivity index (χ1n) is 6.08. The summed E-state index contributed by atoms with van der Waals surface area (Å²) >= 11 is 1.63. The highest BCUT2D eigenvalue weighted by molar-refractivity contribution is 7.98. The van der Waals surface area contributed by atoms with Crippen LogP contribution in [-0.4, -0.2) is 10.1 Å². The number of nitrogen functional groups attached to an aromatic ring is 1. The summed E-state index contributed by atoms with van der Waals surface area (Å²) in [6.45, 7) is 2.00. The maximum atomic E-state index is 5.88. The fourth-order valence-electron chi connectivity index (χ4n) is 1.74. The van der Waals surface area contributed by atoms with Gasteiger partial charge in [0.1, 0.15) is 0 Å². The summed E-state index contributed by atoms with van der Waals surface area (Å²) < 4.78 is 10.4. The fourth-order valence-corrected chi connectivity index (χ4v) is 2.65. The smallest absolute Gasteiger partial charge is 0.293 e. The quantitative estimate of drug-likeness (QED) is 0.584. The number of nitrogens with zero attached hydrogens (tertiary/aromatic N) is 2. The number of thioether (sulfide) groups is 1. The van der Waals surface area contributed by atoms with Gasteiger partial charge >= 0.3 is 0 Å². The summed E-state index contributed by atoms with van der Waals surface area (Å²) in [7, 11) is 0. The van der Waals surface area contributed by atoms with Crippen molar-refractivity contribution in [2.24, 2.45) is 0 Å². The van der Waals surface area contributed by atoms with Gasteiger partial charge in [-0.1, -0.05) is 11.2 Å². The third kappa shape index (κ3) is 2.55. The number of furan rings is 1. The summed E-state index contributed by atoms with van der Waals surface area (Å²) in [5.74, 6) is 2.22. The molecule has 0 atom stereocenters. The summed E-state index contributed by atoms with van der Waals surface area (Å²) in [6, 6.07) is 9.43. The van der Waals surface area contributed by atoms with E-state index in [1.165, 1.54) is 0 Å². The number of hydrogen-bond donors (Lipinski definition) is 1. The second kappa shape index (κ2) is 5.42. The molecule has 0 unspecified atom stereocenters. The van der Waals surface area contributed by atoms with Crippen molar-refractivity contribution in [3.05, 3.63) is 48.0 Å². The minimum Gasteiger partial charge on any atom is -0.459 e. The molecule has 5 nitrogen and oxygen atoms in total. The predicted octanol–water partition coefficient (Wildman–Crippen LogP) is 3.51.